The number of hydrogen-bond donors (Lipinski definition) is 0. The summed E-state index contributed by atoms with van der Waals surface area (Å²) >= 11 is 0. The molecule has 0 bridgehead atoms. The Kier molecular flexibility index (Phi) is 7.26. The van der Waals surface area contributed by atoms with Gasteiger partial charge in [0.05, 0.1) is 12.2 Å². The third kappa shape index (κ3) is 5.64. The Morgan fingerprint density at radius 2 is 1.91 bits per heavy atom. The van der Waals surface area contributed by atoms with Gasteiger partial charge < -0.3 is 14.2 Å². The number of aromatic nitrogens is 1. The fraction of sp³-hybridized carbons (Fsp3) is 0.379. The van der Waals surface area contributed by atoms with Crippen LogP contribution in [0.3, 0.4) is 0 Å². The second-order valence-corrected chi connectivity index (χ2v) is 9.31. The van der Waals surface area contributed by atoms with Crippen molar-refractivity contribution < 1.29 is 23.4 Å². The van der Waals surface area contributed by atoms with Crippen LogP contribution in [0.1, 0.15) is 66.1 Å². The van der Waals surface area contributed by atoms with Gasteiger partial charge in [0.25, 0.3) is 0 Å². The number of aryl methyl sites for hydroxylation is 1. The second kappa shape index (κ2) is 10.9. The van der Waals surface area contributed by atoms with Crippen molar-refractivity contribution in [1.82, 2.24) is 4.98 Å². The molecule has 0 radical (unpaired) electrons. The summed E-state index contributed by atoms with van der Waals surface area (Å²) in [7, 11) is 0. The molecule has 5 rings (SSSR count). The topological polar surface area (TPSA) is 57.7 Å². The minimum atomic E-state index is -0.444. The monoisotopic (exact) mass is 475 g/mol. The molecule has 0 saturated heterocycles. The van der Waals surface area contributed by atoms with Crippen LogP contribution in [0.2, 0.25) is 0 Å². The number of halogens is 1. The number of carbonyl (C=O) groups is 1. The third-order valence-electron chi connectivity index (χ3n) is 7.00. The summed E-state index contributed by atoms with van der Waals surface area (Å²) < 4.78 is 31.6. The molecule has 2 aromatic carbocycles. The summed E-state index contributed by atoms with van der Waals surface area (Å²) in [6, 6.07) is 16.4. The number of carbonyl (C=O) groups excluding carboxylic acids is 1. The summed E-state index contributed by atoms with van der Waals surface area (Å²) in [5.41, 5.74) is 2.17. The Morgan fingerprint density at radius 3 is 2.80 bits per heavy atom. The minimum absolute atomic E-state index is 0.149. The molecule has 2 atom stereocenters. The van der Waals surface area contributed by atoms with Gasteiger partial charge in [0.1, 0.15) is 11.6 Å². The van der Waals surface area contributed by atoms with Crippen LogP contribution in [0.15, 0.2) is 60.8 Å². The van der Waals surface area contributed by atoms with Gasteiger partial charge in [0.15, 0.2) is 17.3 Å². The van der Waals surface area contributed by atoms with Crippen molar-refractivity contribution in [2.45, 2.75) is 50.9 Å². The number of Topliss-reactive ketones (excluding diaryl/α,β-unsaturated/α-hetero) is 1. The average Bonchev–Trinajstić information content (AvgIpc) is 3.37. The molecule has 1 aliphatic carbocycles. The standard InChI is InChI=1S/C29H30FNO4/c30-26-13-11-20(16-25(26)27(32)10-5-8-22-7-3-4-15-31-22)24-9-2-1-6-21(24)18-33-23-12-14-28-29(17-23)35-19-34-28/h3-4,7,11-17,21,24H,1-2,5-6,8-10,18-19H2/t21-,24-/m0/s1. The van der Waals surface area contributed by atoms with E-state index in [1.54, 1.807) is 12.3 Å². The first-order valence-electron chi connectivity index (χ1n) is 12.4. The van der Waals surface area contributed by atoms with Crippen LogP contribution in [0.5, 0.6) is 17.2 Å². The van der Waals surface area contributed by atoms with Gasteiger partial charge in [-0.25, -0.2) is 4.39 Å². The van der Waals surface area contributed by atoms with Crippen LogP contribution in [0, 0.1) is 11.7 Å². The maximum absolute atomic E-state index is 14.6. The van der Waals surface area contributed by atoms with E-state index in [0.717, 1.165) is 48.4 Å². The number of rotatable bonds is 9. The summed E-state index contributed by atoms with van der Waals surface area (Å²) in [5, 5.41) is 0. The molecule has 0 spiro atoms. The van der Waals surface area contributed by atoms with Crippen LogP contribution in [0.4, 0.5) is 4.39 Å². The van der Waals surface area contributed by atoms with Gasteiger partial charge in [-0.05, 0) is 79.5 Å². The highest BCUT2D eigenvalue weighted by molar-refractivity contribution is 5.96. The number of hydrogen-bond acceptors (Lipinski definition) is 5. The van der Waals surface area contributed by atoms with E-state index in [0.29, 0.717) is 37.5 Å². The zero-order valence-corrected chi connectivity index (χ0v) is 19.8. The van der Waals surface area contributed by atoms with Crippen LogP contribution < -0.4 is 14.2 Å². The molecule has 0 N–H and O–H groups in total. The molecule has 1 saturated carbocycles. The van der Waals surface area contributed by atoms with Crippen LogP contribution in [-0.2, 0) is 6.42 Å². The number of benzene rings is 2. The number of ether oxygens (including phenoxy) is 3. The average molecular weight is 476 g/mol. The number of fused-ring (bicyclic) bond motifs is 1. The zero-order chi connectivity index (χ0) is 24.0. The molecule has 1 fully saturated rings. The fourth-order valence-corrected chi connectivity index (χ4v) is 5.11. The lowest BCUT2D eigenvalue weighted by molar-refractivity contribution is 0.0976. The molecule has 1 aliphatic heterocycles. The fourth-order valence-electron chi connectivity index (χ4n) is 5.11. The van der Waals surface area contributed by atoms with E-state index in [-0.39, 0.29) is 24.1 Å². The highest BCUT2D eigenvalue weighted by Gasteiger charge is 2.28. The Hall–Kier alpha value is -3.41. The van der Waals surface area contributed by atoms with Crippen molar-refractivity contribution in [2.75, 3.05) is 13.4 Å². The van der Waals surface area contributed by atoms with E-state index >= 15 is 0 Å². The molecule has 182 valence electrons. The van der Waals surface area contributed by atoms with Crippen molar-refractivity contribution in [2.24, 2.45) is 5.92 Å². The maximum Gasteiger partial charge on any atom is 0.231 e. The van der Waals surface area contributed by atoms with Gasteiger partial charge in [-0.15, -0.1) is 0 Å². The highest BCUT2D eigenvalue weighted by Crippen LogP contribution is 2.40. The molecule has 2 aliphatic rings. The second-order valence-electron chi connectivity index (χ2n) is 9.31. The number of pyridine rings is 1. The van der Waals surface area contributed by atoms with Crippen LogP contribution in [0.25, 0.3) is 0 Å². The summed E-state index contributed by atoms with van der Waals surface area (Å²) in [6.07, 6.45) is 7.72. The minimum Gasteiger partial charge on any atom is -0.493 e. The molecule has 2 heterocycles. The van der Waals surface area contributed by atoms with E-state index in [1.807, 2.05) is 42.5 Å². The predicted octanol–water partition coefficient (Wildman–Crippen LogP) is 6.51. The van der Waals surface area contributed by atoms with Gasteiger partial charge in [-0.3, -0.25) is 9.78 Å². The maximum atomic E-state index is 14.6. The SMILES string of the molecule is O=C(CCCc1ccccn1)c1cc([C@@H]2CCCC[C@H]2COc2ccc3c(c2)OCO3)ccc1F. The van der Waals surface area contributed by atoms with E-state index in [9.17, 15) is 9.18 Å². The summed E-state index contributed by atoms with van der Waals surface area (Å²) in [5.74, 6) is 2.13. The van der Waals surface area contributed by atoms with Gasteiger partial charge in [-0.2, -0.15) is 0 Å². The van der Waals surface area contributed by atoms with Crippen LogP contribution in [-0.4, -0.2) is 24.2 Å². The quantitative estimate of drug-likeness (QED) is 0.330. The Bertz CT molecular complexity index is 1170. The Labute approximate surface area is 205 Å². The molecule has 0 amide bonds. The molecule has 3 aromatic rings. The van der Waals surface area contributed by atoms with E-state index < -0.39 is 5.82 Å². The molecule has 0 unspecified atom stereocenters. The van der Waals surface area contributed by atoms with Crippen molar-refractivity contribution in [3.63, 3.8) is 0 Å². The van der Waals surface area contributed by atoms with Crippen molar-refractivity contribution in [3.05, 3.63) is 83.4 Å². The van der Waals surface area contributed by atoms with E-state index in [4.69, 9.17) is 14.2 Å². The van der Waals surface area contributed by atoms with E-state index in [1.165, 1.54) is 6.07 Å². The third-order valence-corrected chi connectivity index (χ3v) is 7.00. The molecule has 35 heavy (non-hydrogen) atoms. The lowest BCUT2D eigenvalue weighted by Gasteiger charge is -2.32. The first-order valence-corrected chi connectivity index (χ1v) is 12.4. The molecular formula is C29H30FNO4. The molecule has 1 aromatic heterocycles. The highest BCUT2D eigenvalue weighted by atomic mass is 19.1. The predicted molar refractivity (Wildman–Crippen MR) is 131 cm³/mol. The van der Waals surface area contributed by atoms with Crippen molar-refractivity contribution in [1.29, 1.82) is 0 Å². The van der Waals surface area contributed by atoms with Crippen LogP contribution >= 0.6 is 0 Å². The van der Waals surface area contributed by atoms with Gasteiger partial charge in [-0.1, -0.05) is 25.0 Å². The Balaban J connectivity index is 1.24. The first kappa shape index (κ1) is 23.3. The molecule has 5 nitrogen and oxygen atoms in total. The Morgan fingerprint density at radius 1 is 1.03 bits per heavy atom. The molecule has 6 heteroatoms. The van der Waals surface area contributed by atoms with Crippen molar-refractivity contribution >= 4 is 5.78 Å². The zero-order valence-electron chi connectivity index (χ0n) is 19.8. The van der Waals surface area contributed by atoms with Gasteiger partial charge >= 0.3 is 0 Å². The van der Waals surface area contributed by atoms with Crippen molar-refractivity contribution in [3.8, 4) is 17.2 Å². The smallest absolute Gasteiger partial charge is 0.231 e. The largest absolute Gasteiger partial charge is 0.493 e. The lowest BCUT2D eigenvalue weighted by atomic mass is 9.75. The number of nitrogens with zero attached hydrogens (tertiary/aromatic N) is 1. The van der Waals surface area contributed by atoms with Gasteiger partial charge in [0.2, 0.25) is 6.79 Å². The number of ketones is 1. The van der Waals surface area contributed by atoms with E-state index in [2.05, 4.69) is 4.98 Å². The molecular weight excluding hydrogens is 445 g/mol. The first-order chi connectivity index (χ1) is 17.2. The van der Waals surface area contributed by atoms with Gasteiger partial charge in [0, 0.05) is 24.4 Å². The summed E-state index contributed by atoms with van der Waals surface area (Å²) in [6.45, 7) is 0.799. The lowest BCUT2D eigenvalue weighted by Crippen LogP contribution is -2.24. The normalized spacial score (nSPS) is 18.9. The summed E-state index contributed by atoms with van der Waals surface area (Å²) in [4.78, 5) is 17.2.